The van der Waals surface area contributed by atoms with E-state index in [1.54, 1.807) is 24.3 Å². The molecule has 1 aliphatic rings. The van der Waals surface area contributed by atoms with Gasteiger partial charge in [0.15, 0.2) is 0 Å². The lowest BCUT2D eigenvalue weighted by Gasteiger charge is -2.06. The standard InChI is InChI=1S/C12H9F3O/c1-8-6-10(12(13,14)15)7-9-4-2-3-5-11(9)16-8/h2-7H,1H3. The SMILES string of the molecule is CC1=CC(C(F)(F)F)=Cc2ccccc2O1. The number of hydrogen-bond acceptors (Lipinski definition) is 1. The van der Waals surface area contributed by atoms with Crippen LogP contribution in [-0.2, 0) is 0 Å². The van der Waals surface area contributed by atoms with Crippen molar-refractivity contribution < 1.29 is 17.9 Å². The lowest BCUT2D eigenvalue weighted by molar-refractivity contribution is -0.0874. The molecule has 0 atom stereocenters. The monoisotopic (exact) mass is 226 g/mol. The average Bonchev–Trinajstić information content (AvgIpc) is 2.34. The van der Waals surface area contributed by atoms with Gasteiger partial charge >= 0.3 is 6.18 Å². The van der Waals surface area contributed by atoms with Crippen molar-refractivity contribution in [3.05, 3.63) is 47.2 Å². The number of rotatable bonds is 0. The Morgan fingerprint density at radius 3 is 2.44 bits per heavy atom. The molecule has 1 heterocycles. The van der Waals surface area contributed by atoms with E-state index in [1.165, 1.54) is 6.92 Å². The van der Waals surface area contributed by atoms with Crippen LogP contribution in [0.1, 0.15) is 12.5 Å². The minimum atomic E-state index is -4.36. The second-order valence-electron chi connectivity index (χ2n) is 3.49. The van der Waals surface area contributed by atoms with Crippen molar-refractivity contribution in [3.8, 4) is 5.75 Å². The Morgan fingerprint density at radius 2 is 1.75 bits per heavy atom. The molecule has 4 heteroatoms. The second kappa shape index (κ2) is 3.70. The molecule has 0 unspecified atom stereocenters. The zero-order valence-electron chi connectivity index (χ0n) is 8.51. The Bertz CT molecular complexity index is 469. The molecule has 0 spiro atoms. The average molecular weight is 226 g/mol. The Morgan fingerprint density at radius 1 is 1.06 bits per heavy atom. The van der Waals surface area contributed by atoms with E-state index in [0.29, 0.717) is 11.3 Å². The van der Waals surface area contributed by atoms with Crippen molar-refractivity contribution in [2.45, 2.75) is 13.1 Å². The van der Waals surface area contributed by atoms with Crippen molar-refractivity contribution in [2.24, 2.45) is 0 Å². The number of ether oxygens (including phenoxy) is 1. The molecule has 0 saturated carbocycles. The van der Waals surface area contributed by atoms with Gasteiger partial charge in [-0.05, 0) is 25.1 Å². The third kappa shape index (κ3) is 2.10. The maximum Gasteiger partial charge on any atom is 0.416 e. The fraction of sp³-hybridized carbons (Fsp3) is 0.167. The summed E-state index contributed by atoms with van der Waals surface area (Å²) in [5, 5.41) is 0. The highest BCUT2D eigenvalue weighted by Crippen LogP contribution is 2.34. The van der Waals surface area contributed by atoms with E-state index in [9.17, 15) is 13.2 Å². The van der Waals surface area contributed by atoms with Crippen molar-refractivity contribution in [1.82, 2.24) is 0 Å². The molecule has 0 bridgehead atoms. The molecule has 1 aliphatic heterocycles. The van der Waals surface area contributed by atoms with E-state index in [2.05, 4.69) is 0 Å². The van der Waals surface area contributed by atoms with Gasteiger partial charge in [0.25, 0.3) is 0 Å². The Hall–Kier alpha value is -1.71. The van der Waals surface area contributed by atoms with Crippen LogP contribution >= 0.6 is 0 Å². The lowest BCUT2D eigenvalue weighted by Crippen LogP contribution is -2.09. The third-order valence-corrected chi connectivity index (χ3v) is 2.19. The smallest absolute Gasteiger partial charge is 0.416 e. The summed E-state index contributed by atoms with van der Waals surface area (Å²) in [7, 11) is 0. The van der Waals surface area contributed by atoms with Crippen LogP contribution in [-0.4, -0.2) is 6.18 Å². The second-order valence-corrected chi connectivity index (χ2v) is 3.49. The molecule has 0 saturated heterocycles. The van der Waals surface area contributed by atoms with Gasteiger partial charge in [-0.15, -0.1) is 0 Å². The van der Waals surface area contributed by atoms with Gasteiger partial charge in [-0.25, -0.2) is 0 Å². The molecular weight excluding hydrogens is 217 g/mol. The molecule has 0 aliphatic carbocycles. The van der Waals surface area contributed by atoms with Crippen molar-refractivity contribution in [3.63, 3.8) is 0 Å². The maximum atomic E-state index is 12.6. The van der Waals surface area contributed by atoms with Crippen LogP contribution in [0.15, 0.2) is 41.7 Å². The van der Waals surface area contributed by atoms with Gasteiger partial charge in [-0.3, -0.25) is 0 Å². The van der Waals surface area contributed by atoms with Gasteiger partial charge in [-0.1, -0.05) is 18.2 Å². The summed E-state index contributed by atoms with van der Waals surface area (Å²) >= 11 is 0. The summed E-state index contributed by atoms with van der Waals surface area (Å²) in [5.41, 5.74) is -0.266. The van der Waals surface area contributed by atoms with Crippen LogP contribution in [0, 0.1) is 0 Å². The van der Waals surface area contributed by atoms with E-state index in [-0.39, 0.29) is 5.76 Å². The van der Waals surface area contributed by atoms with Crippen LogP contribution in [0.25, 0.3) is 6.08 Å². The quantitative estimate of drug-likeness (QED) is 0.651. The van der Waals surface area contributed by atoms with Crippen LogP contribution < -0.4 is 4.74 Å². The number of fused-ring (bicyclic) bond motifs is 1. The first-order valence-electron chi connectivity index (χ1n) is 4.71. The van der Waals surface area contributed by atoms with Crippen molar-refractivity contribution >= 4 is 6.08 Å². The van der Waals surface area contributed by atoms with E-state index < -0.39 is 11.7 Å². The molecular formula is C12H9F3O. The number of halogens is 3. The Kier molecular flexibility index (Phi) is 2.50. The molecule has 84 valence electrons. The molecule has 2 rings (SSSR count). The van der Waals surface area contributed by atoms with Crippen LogP contribution in [0.3, 0.4) is 0 Å². The minimum Gasteiger partial charge on any atom is -0.461 e. The van der Waals surface area contributed by atoms with Gasteiger partial charge in [-0.2, -0.15) is 13.2 Å². The summed E-state index contributed by atoms with van der Waals surface area (Å²) in [6.07, 6.45) is -2.27. The van der Waals surface area contributed by atoms with E-state index in [4.69, 9.17) is 4.74 Å². The van der Waals surface area contributed by atoms with Crippen LogP contribution in [0.4, 0.5) is 13.2 Å². The summed E-state index contributed by atoms with van der Waals surface area (Å²) in [5.74, 6) is 0.670. The molecule has 0 N–H and O–H groups in total. The zero-order chi connectivity index (χ0) is 11.8. The number of benzene rings is 1. The van der Waals surface area contributed by atoms with Gasteiger partial charge < -0.3 is 4.74 Å². The van der Waals surface area contributed by atoms with Gasteiger partial charge in [0.05, 0.1) is 5.57 Å². The summed E-state index contributed by atoms with van der Waals surface area (Å²) in [6, 6.07) is 6.63. The van der Waals surface area contributed by atoms with Crippen LogP contribution in [0.5, 0.6) is 5.75 Å². The highest BCUT2D eigenvalue weighted by atomic mass is 19.4. The number of para-hydroxylation sites is 1. The number of hydrogen-bond donors (Lipinski definition) is 0. The van der Waals surface area contributed by atoms with E-state index >= 15 is 0 Å². The molecule has 1 aromatic rings. The molecule has 16 heavy (non-hydrogen) atoms. The van der Waals surface area contributed by atoms with E-state index in [1.807, 2.05) is 0 Å². The van der Waals surface area contributed by atoms with Gasteiger partial charge in [0.2, 0.25) is 0 Å². The van der Waals surface area contributed by atoms with Gasteiger partial charge in [0.1, 0.15) is 11.5 Å². The van der Waals surface area contributed by atoms with Crippen molar-refractivity contribution in [2.75, 3.05) is 0 Å². The topological polar surface area (TPSA) is 9.23 Å². The minimum absolute atomic E-state index is 0.230. The molecule has 1 aromatic carbocycles. The molecule has 1 nitrogen and oxygen atoms in total. The highest BCUT2D eigenvalue weighted by molar-refractivity contribution is 5.64. The summed E-state index contributed by atoms with van der Waals surface area (Å²) in [6.45, 7) is 1.50. The molecule has 0 radical (unpaired) electrons. The first-order valence-corrected chi connectivity index (χ1v) is 4.71. The predicted molar refractivity (Wildman–Crippen MR) is 54.9 cm³/mol. The number of allylic oxidation sites excluding steroid dienone is 3. The fourth-order valence-electron chi connectivity index (χ4n) is 1.49. The largest absolute Gasteiger partial charge is 0.461 e. The molecule has 0 fully saturated rings. The van der Waals surface area contributed by atoms with Crippen LogP contribution in [0.2, 0.25) is 0 Å². The third-order valence-electron chi connectivity index (χ3n) is 2.19. The lowest BCUT2D eigenvalue weighted by atomic mass is 10.1. The summed E-state index contributed by atoms with van der Waals surface area (Å²) in [4.78, 5) is 0. The summed E-state index contributed by atoms with van der Waals surface area (Å²) < 4.78 is 43.2. The van der Waals surface area contributed by atoms with Crippen molar-refractivity contribution in [1.29, 1.82) is 0 Å². The van der Waals surface area contributed by atoms with Gasteiger partial charge in [0, 0.05) is 5.56 Å². The Labute approximate surface area is 90.8 Å². The number of alkyl halides is 3. The van der Waals surface area contributed by atoms with E-state index in [0.717, 1.165) is 12.2 Å². The molecule has 0 amide bonds. The first kappa shape index (κ1) is 10.8. The Balaban J connectivity index is 2.55. The first-order chi connectivity index (χ1) is 7.47. The predicted octanol–water partition coefficient (Wildman–Crippen LogP) is 3.93. The highest BCUT2D eigenvalue weighted by Gasteiger charge is 2.33. The normalized spacial score (nSPS) is 15.5. The molecule has 0 aromatic heterocycles. The maximum absolute atomic E-state index is 12.6. The zero-order valence-corrected chi connectivity index (χ0v) is 8.51. The fourth-order valence-corrected chi connectivity index (χ4v) is 1.49.